The number of hydrogen-bond donors (Lipinski definition) is 1. The topological polar surface area (TPSA) is 41.6 Å². The zero-order valence-corrected chi connectivity index (χ0v) is 18.3. The van der Waals surface area contributed by atoms with E-state index < -0.39 is 0 Å². The zero-order chi connectivity index (χ0) is 19.8. The Morgan fingerprint density at radius 3 is 2.67 bits per heavy atom. The van der Waals surface area contributed by atoms with Crippen molar-refractivity contribution in [2.45, 2.75) is 85.4 Å². The summed E-state index contributed by atoms with van der Waals surface area (Å²) in [5, 5.41) is 3.55. The fraction of sp³-hybridized carbons (Fsp3) is 0.870. The molecule has 5 unspecified atom stereocenters. The van der Waals surface area contributed by atoms with Crippen molar-refractivity contribution in [3.8, 4) is 0 Å². The Labute approximate surface area is 166 Å². The number of fused-ring (bicyclic) bond motifs is 2. The van der Waals surface area contributed by atoms with Gasteiger partial charge in [-0.3, -0.25) is 9.69 Å². The van der Waals surface area contributed by atoms with Crippen LogP contribution in [0.15, 0.2) is 11.6 Å². The number of allylic oxidation sites excluding steroid dienone is 1. The molecule has 0 bridgehead atoms. The first-order valence-corrected chi connectivity index (χ1v) is 11.1. The average Bonchev–Trinajstić information content (AvgIpc) is 2.86. The Morgan fingerprint density at radius 2 is 2.00 bits per heavy atom. The molecule has 1 saturated heterocycles. The van der Waals surface area contributed by atoms with Crippen LogP contribution < -0.4 is 5.32 Å². The van der Waals surface area contributed by atoms with E-state index in [1.165, 1.54) is 19.3 Å². The Kier molecular flexibility index (Phi) is 6.37. The molecule has 1 aliphatic heterocycles. The van der Waals surface area contributed by atoms with E-state index in [1.54, 1.807) is 5.57 Å². The summed E-state index contributed by atoms with van der Waals surface area (Å²) in [5.74, 6) is 0.904. The van der Waals surface area contributed by atoms with Crippen molar-refractivity contribution in [2.24, 2.45) is 23.2 Å². The van der Waals surface area contributed by atoms with Crippen molar-refractivity contribution >= 4 is 5.97 Å². The summed E-state index contributed by atoms with van der Waals surface area (Å²) >= 11 is 0. The Balaban J connectivity index is 1.61. The number of rotatable bonds is 7. The Morgan fingerprint density at radius 1 is 1.30 bits per heavy atom. The predicted octanol–water partition coefficient (Wildman–Crippen LogP) is 4.01. The first-order valence-electron chi connectivity index (χ1n) is 11.1. The summed E-state index contributed by atoms with van der Waals surface area (Å²) in [6.07, 6.45) is 7.39. The average molecular weight is 377 g/mol. The van der Waals surface area contributed by atoms with Gasteiger partial charge < -0.3 is 10.1 Å². The van der Waals surface area contributed by atoms with Crippen LogP contribution in [0.1, 0.15) is 67.2 Å². The van der Waals surface area contributed by atoms with Gasteiger partial charge in [0.25, 0.3) is 0 Å². The summed E-state index contributed by atoms with van der Waals surface area (Å²) in [5.41, 5.74) is 1.85. The summed E-state index contributed by atoms with van der Waals surface area (Å²) in [6, 6.07) is 1.09. The molecule has 4 nitrogen and oxygen atoms in total. The standard InChI is InChI=1S/C23H40N2O2/c1-15(2)25(16(3)4)11-10-24-14-19-18-12-20-17(5)8-7-9-23(20,6)13-21(18)27-22(19)26/h12,15-19,21,24H,7-11,13-14H2,1-6H3. The summed E-state index contributed by atoms with van der Waals surface area (Å²) < 4.78 is 5.85. The van der Waals surface area contributed by atoms with Gasteiger partial charge in [-0.2, -0.15) is 0 Å². The lowest BCUT2D eigenvalue weighted by Gasteiger charge is -2.46. The van der Waals surface area contributed by atoms with Gasteiger partial charge in [-0.15, -0.1) is 0 Å². The normalized spacial score (nSPS) is 36.0. The summed E-state index contributed by atoms with van der Waals surface area (Å²) in [7, 11) is 0. The van der Waals surface area contributed by atoms with E-state index in [0.717, 1.165) is 26.1 Å². The molecule has 3 aliphatic rings. The van der Waals surface area contributed by atoms with Gasteiger partial charge in [0.2, 0.25) is 0 Å². The summed E-state index contributed by atoms with van der Waals surface area (Å²) in [4.78, 5) is 15.1. The van der Waals surface area contributed by atoms with Gasteiger partial charge in [0, 0.05) is 37.6 Å². The molecule has 0 radical (unpaired) electrons. The molecule has 27 heavy (non-hydrogen) atoms. The van der Waals surface area contributed by atoms with E-state index in [2.05, 4.69) is 57.8 Å². The lowest BCUT2D eigenvalue weighted by Crippen LogP contribution is -2.43. The maximum Gasteiger partial charge on any atom is 0.311 e. The van der Waals surface area contributed by atoms with Crippen LogP contribution in [0, 0.1) is 23.2 Å². The van der Waals surface area contributed by atoms with Crippen LogP contribution in [0.4, 0.5) is 0 Å². The molecule has 0 amide bonds. The zero-order valence-electron chi connectivity index (χ0n) is 18.3. The molecule has 0 aromatic rings. The van der Waals surface area contributed by atoms with Gasteiger partial charge in [0.1, 0.15) is 6.10 Å². The monoisotopic (exact) mass is 376 g/mol. The molecule has 1 saturated carbocycles. The third-order valence-corrected chi connectivity index (χ3v) is 7.32. The second-order valence-corrected chi connectivity index (χ2v) is 9.97. The largest absolute Gasteiger partial charge is 0.461 e. The highest BCUT2D eigenvalue weighted by Gasteiger charge is 2.51. The van der Waals surface area contributed by atoms with Gasteiger partial charge in [0.15, 0.2) is 0 Å². The highest BCUT2D eigenvalue weighted by molar-refractivity contribution is 5.76. The second kappa shape index (κ2) is 8.24. The molecular formula is C23H40N2O2. The van der Waals surface area contributed by atoms with Crippen molar-refractivity contribution < 1.29 is 9.53 Å². The first-order chi connectivity index (χ1) is 12.7. The third kappa shape index (κ3) is 4.27. The van der Waals surface area contributed by atoms with E-state index in [-0.39, 0.29) is 29.3 Å². The number of ether oxygens (including phenoxy) is 1. The summed E-state index contributed by atoms with van der Waals surface area (Å²) in [6.45, 7) is 16.4. The lowest BCUT2D eigenvalue weighted by molar-refractivity contribution is -0.145. The molecule has 4 heteroatoms. The molecule has 0 aromatic carbocycles. The smallest absolute Gasteiger partial charge is 0.311 e. The fourth-order valence-corrected chi connectivity index (χ4v) is 5.86. The molecule has 2 fully saturated rings. The van der Waals surface area contributed by atoms with E-state index in [9.17, 15) is 4.79 Å². The molecule has 1 N–H and O–H groups in total. The lowest BCUT2D eigenvalue weighted by atomic mass is 9.59. The van der Waals surface area contributed by atoms with Crippen LogP contribution in [-0.2, 0) is 9.53 Å². The minimum Gasteiger partial charge on any atom is -0.461 e. The molecule has 2 aliphatic carbocycles. The molecule has 0 aromatic heterocycles. The maximum atomic E-state index is 12.6. The van der Waals surface area contributed by atoms with Gasteiger partial charge >= 0.3 is 5.97 Å². The van der Waals surface area contributed by atoms with Gasteiger partial charge in [-0.05, 0) is 58.3 Å². The Hall–Kier alpha value is -0.870. The molecule has 5 atom stereocenters. The maximum absolute atomic E-state index is 12.6. The van der Waals surface area contributed by atoms with E-state index >= 15 is 0 Å². The SMILES string of the molecule is CC1CCCC2(C)CC3OC(=O)C(CNCCN(C(C)C)C(C)C)C3C=C12. The van der Waals surface area contributed by atoms with Crippen molar-refractivity contribution in [1.29, 1.82) is 0 Å². The minimum absolute atomic E-state index is 0.00817. The van der Waals surface area contributed by atoms with Crippen LogP contribution in [0.2, 0.25) is 0 Å². The van der Waals surface area contributed by atoms with Crippen LogP contribution in [0.5, 0.6) is 0 Å². The number of hydrogen-bond acceptors (Lipinski definition) is 4. The third-order valence-electron chi connectivity index (χ3n) is 7.32. The molecule has 1 heterocycles. The highest BCUT2D eigenvalue weighted by atomic mass is 16.6. The van der Waals surface area contributed by atoms with E-state index in [0.29, 0.717) is 18.0 Å². The number of carbonyl (C=O) groups is 1. The van der Waals surface area contributed by atoms with Crippen LogP contribution in [-0.4, -0.2) is 48.7 Å². The predicted molar refractivity (Wildman–Crippen MR) is 111 cm³/mol. The Bertz CT molecular complexity index is 563. The fourth-order valence-electron chi connectivity index (χ4n) is 5.86. The number of carbonyl (C=O) groups excluding carboxylic acids is 1. The van der Waals surface area contributed by atoms with Crippen molar-refractivity contribution in [3.63, 3.8) is 0 Å². The van der Waals surface area contributed by atoms with Crippen LogP contribution in [0.25, 0.3) is 0 Å². The number of nitrogens with zero attached hydrogens (tertiary/aromatic N) is 1. The highest BCUT2D eigenvalue weighted by Crippen LogP contribution is 2.53. The van der Waals surface area contributed by atoms with Gasteiger partial charge in [-0.1, -0.05) is 31.9 Å². The van der Waals surface area contributed by atoms with Gasteiger partial charge in [0.05, 0.1) is 5.92 Å². The van der Waals surface area contributed by atoms with Gasteiger partial charge in [-0.25, -0.2) is 0 Å². The van der Waals surface area contributed by atoms with Crippen molar-refractivity contribution in [3.05, 3.63) is 11.6 Å². The van der Waals surface area contributed by atoms with Crippen molar-refractivity contribution in [1.82, 2.24) is 10.2 Å². The second-order valence-electron chi connectivity index (χ2n) is 9.97. The van der Waals surface area contributed by atoms with E-state index in [4.69, 9.17) is 4.74 Å². The molecule has 154 valence electrons. The van der Waals surface area contributed by atoms with Crippen LogP contribution >= 0.6 is 0 Å². The quantitative estimate of drug-likeness (QED) is 0.414. The first kappa shape index (κ1) is 20.9. The van der Waals surface area contributed by atoms with E-state index in [1.807, 2.05) is 0 Å². The van der Waals surface area contributed by atoms with Crippen molar-refractivity contribution in [2.75, 3.05) is 19.6 Å². The molecule has 3 rings (SSSR count). The number of esters is 1. The molecular weight excluding hydrogens is 336 g/mol. The minimum atomic E-state index is -0.0206. The molecule has 0 spiro atoms. The van der Waals surface area contributed by atoms with Crippen LogP contribution in [0.3, 0.4) is 0 Å². The number of nitrogens with one attached hydrogen (secondary N) is 1.